The molecule has 2 aliphatic rings. The Hall–Kier alpha value is -1.06. The monoisotopic (exact) mass is 294 g/mol. The molecule has 2 fully saturated rings. The highest BCUT2D eigenvalue weighted by Crippen LogP contribution is 2.26. The van der Waals surface area contributed by atoms with Crippen molar-refractivity contribution in [2.24, 2.45) is 11.8 Å². The quantitative estimate of drug-likeness (QED) is 0.922. The van der Waals surface area contributed by atoms with Crippen LogP contribution in [0, 0.1) is 11.8 Å². The maximum atomic E-state index is 12.2. The Labute approximate surface area is 127 Å². The molecule has 4 heteroatoms. The van der Waals surface area contributed by atoms with Crippen LogP contribution in [-0.2, 0) is 11.2 Å². The lowest BCUT2D eigenvalue weighted by Crippen LogP contribution is -2.31. The van der Waals surface area contributed by atoms with Gasteiger partial charge in [-0.3, -0.25) is 4.79 Å². The molecule has 0 aliphatic carbocycles. The molecule has 110 valence electrons. The second-order valence-corrected chi connectivity index (χ2v) is 5.82. The zero-order valence-corrected chi connectivity index (χ0v) is 12.6. The largest absolute Gasteiger partial charge is 0.342 e. The van der Waals surface area contributed by atoms with Crippen LogP contribution >= 0.6 is 12.4 Å². The van der Waals surface area contributed by atoms with Crippen LogP contribution < -0.4 is 5.32 Å². The van der Waals surface area contributed by atoms with Gasteiger partial charge in [-0.25, -0.2) is 0 Å². The number of rotatable bonds is 4. The summed E-state index contributed by atoms with van der Waals surface area (Å²) in [5, 5.41) is 3.41. The number of halogens is 1. The molecule has 2 heterocycles. The summed E-state index contributed by atoms with van der Waals surface area (Å²) in [4.78, 5) is 14.3. The van der Waals surface area contributed by atoms with Crippen LogP contribution in [-0.4, -0.2) is 37.0 Å². The van der Waals surface area contributed by atoms with Gasteiger partial charge in [0.15, 0.2) is 0 Å². The molecule has 1 aromatic rings. The number of amides is 1. The lowest BCUT2D eigenvalue weighted by molar-refractivity contribution is -0.130. The Bertz CT molecular complexity index is 425. The van der Waals surface area contributed by atoms with E-state index in [9.17, 15) is 4.79 Å². The van der Waals surface area contributed by atoms with Crippen LogP contribution in [0.5, 0.6) is 0 Å². The fraction of sp³-hybridized carbons (Fsp3) is 0.562. The van der Waals surface area contributed by atoms with E-state index in [0.29, 0.717) is 24.2 Å². The van der Waals surface area contributed by atoms with Crippen LogP contribution in [0.2, 0.25) is 0 Å². The molecule has 2 aliphatic heterocycles. The third-order valence-corrected chi connectivity index (χ3v) is 4.44. The number of nitrogens with one attached hydrogen (secondary N) is 1. The number of likely N-dealkylation sites (tertiary alicyclic amines) is 1. The predicted molar refractivity (Wildman–Crippen MR) is 83.1 cm³/mol. The van der Waals surface area contributed by atoms with E-state index >= 15 is 0 Å². The molecular weight excluding hydrogens is 272 g/mol. The molecule has 0 saturated carbocycles. The molecule has 0 radical (unpaired) electrons. The van der Waals surface area contributed by atoms with Gasteiger partial charge in [0.1, 0.15) is 0 Å². The van der Waals surface area contributed by atoms with Gasteiger partial charge >= 0.3 is 0 Å². The molecule has 1 amide bonds. The fourth-order valence-corrected chi connectivity index (χ4v) is 3.31. The van der Waals surface area contributed by atoms with E-state index in [1.165, 1.54) is 5.56 Å². The van der Waals surface area contributed by atoms with Crippen molar-refractivity contribution in [3.05, 3.63) is 35.9 Å². The zero-order valence-electron chi connectivity index (χ0n) is 11.8. The average molecular weight is 295 g/mol. The van der Waals surface area contributed by atoms with Crippen molar-refractivity contribution in [1.82, 2.24) is 10.2 Å². The summed E-state index contributed by atoms with van der Waals surface area (Å²) in [6.45, 7) is 4.14. The summed E-state index contributed by atoms with van der Waals surface area (Å²) in [5.74, 6) is 1.77. The number of hydrogen-bond donors (Lipinski definition) is 1. The summed E-state index contributed by atoms with van der Waals surface area (Å²) in [6, 6.07) is 10.4. The number of aryl methyl sites for hydroxylation is 1. The van der Waals surface area contributed by atoms with Crippen molar-refractivity contribution in [1.29, 1.82) is 0 Å². The summed E-state index contributed by atoms with van der Waals surface area (Å²) < 4.78 is 0. The van der Waals surface area contributed by atoms with Crippen LogP contribution in [0.4, 0.5) is 0 Å². The molecule has 1 N–H and O–H groups in total. The minimum atomic E-state index is 0. The van der Waals surface area contributed by atoms with Gasteiger partial charge < -0.3 is 10.2 Å². The van der Waals surface area contributed by atoms with Gasteiger partial charge in [-0.2, -0.15) is 0 Å². The highest BCUT2D eigenvalue weighted by Gasteiger charge is 2.37. The van der Waals surface area contributed by atoms with Gasteiger partial charge in [-0.15, -0.1) is 12.4 Å². The Morgan fingerprint density at radius 2 is 1.80 bits per heavy atom. The SMILES string of the molecule is Cl.O=C(CCCc1ccccc1)N1C[C@H]2CNC[C@H]2C1. The Morgan fingerprint density at radius 3 is 2.45 bits per heavy atom. The van der Waals surface area contributed by atoms with E-state index < -0.39 is 0 Å². The number of hydrogen-bond acceptors (Lipinski definition) is 2. The molecule has 3 rings (SSSR count). The summed E-state index contributed by atoms with van der Waals surface area (Å²) in [6.07, 6.45) is 2.67. The number of fused-ring (bicyclic) bond motifs is 1. The van der Waals surface area contributed by atoms with Crippen LogP contribution in [0.15, 0.2) is 30.3 Å². The first kappa shape index (κ1) is 15.3. The lowest BCUT2D eigenvalue weighted by Gasteiger charge is -2.17. The van der Waals surface area contributed by atoms with Crippen molar-refractivity contribution in [3.8, 4) is 0 Å². The van der Waals surface area contributed by atoms with E-state index in [1.807, 2.05) is 6.07 Å². The summed E-state index contributed by atoms with van der Waals surface area (Å²) in [5.41, 5.74) is 1.33. The van der Waals surface area contributed by atoms with Crippen molar-refractivity contribution < 1.29 is 4.79 Å². The second kappa shape index (κ2) is 7.09. The fourth-order valence-electron chi connectivity index (χ4n) is 3.31. The molecule has 0 spiro atoms. The van der Waals surface area contributed by atoms with Crippen molar-refractivity contribution in [2.45, 2.75) is 19.3 Å². The van der Waals surface area contributed by atoms with E-state index in [2.05, 4.69) is 34.5 Å². The molecule has 20 heavy (non-hydrogen) atoms. The maximum Gasteiger partial charge on any atom is 0.222 e. The van der Waals surface area contributed by atoms with Gasteiger partial charge in [0.2, 0.25) is 5.91 Å². The van der Waals surface area contributed by atoms with Gasteiger partial charge in [-0.1, -0.05) is 30.3 Å². The standard InChI is InChI=1S/C16H22N2O.ClH/c19-16(8-4-7-13-5-2-1-3-6-13)18-11-14-9-17-10-15(14)12-18;/h1-3,5-6,14-15,17H,4,7-12H2;1H/t14-,15+;. The first-order valence-electron chi connectivity index (χ1n) is 7.35. The Kier molecular flexibility index (Phi) is 5.44. The molecule has 3 nitrogen and oxygen atoms in total. The summed E-state index contributed by atoms with van der Waals surface area (Å²) >= 11 is 0. The number of benzene rings is 1. The Morgan fingerprint density at radius 1 is 1.15 bits per heavy atom. The number of nitrogens with zero attached hydrogens (tertiary/aromatic N) is 1. The number of carbonyl (C=O) groups excluding carboxylic acids is 1. The molecule has 0 bridgehead atoms. The zero-order chi connectivity index (χ0) is 13.1. The number of carbonyl (C=O) groups is 1. The maximum absolute atomic E-state index is 12.2. The van der Waals surface area contributed by atoms with Crippen LogP contribution in [0.3, 0.4) is 0 Å². The Balaban J connectivity index is 0.00000147. The molecule has 1 aromatic carbocycles. The predicted octanol–water partition coefficient (Wildman–Crippen LogP) is 2.11. The molecule has 0 aromatic heterocycles. The van der Waals surface area contributed by atoms with Gasteiger partial charge in [0, 0.05) is 32.6 Å². The van der Waals surface area contributed by atoms with Gasteiger partial charge in [-0.05, 0) is 30.2 Å². The normalized spacial score (nSPS) is 24.3. The third-order valence-electron chi connectivity index (χ3n) is 4.44. The van der Waals surface area contributed by atoms with Crippen molar-refractivity contribution >= 4 is 18.3 Å². The first-order valence-corrected chi connectivity index (χ1v) is 7.35. The van der Waals surface area contributed by atoms with E-state index in [-0.39, 0.29) is 12.4 Å². The minimum Gasteiger partial charge on any atom is -0.342 e. The van der Waals surface area contributed by atoms with Crippen molar-refractivity contribution in [2.75, 3.05) is 26.2 Å². The molecule has 0 unspecified atom stereocenters. The topological polar surface area (TPSA) is 32.3 Å². The summed E-state index contributed by atoms with van der Waals surface area (Å²) in [7, 11) is 0. The smallest absolute Gasteiger partial charge is 0.222 e. The minimum absolute atomic E-state index is 0. The third kappa shape index (κ3) is 3.53. The highest BCUT2D eigenvalue weighted by molar-refractivity contribution is 5.85. The second-order valence-electron chi connectivity index (χ2n) is 5.82. The van der Waals surface area contributed by atoms with E-state index in [0.717, 1.165) is 39.0 Å². The van der Waals surface area contributed by atoms with E-state index in [4.69, 9.17) is 0 Å². The van der Waals surface area contributed by atoms with Crippen LogP contribution in [0.1, 0.15) is 18.4 Å². The molecule has 2 saturated heterocycles. The van der Waals surface area contributed by atoms with Gasteiger partial charge in [0.25, 0.3) is 0 Å². The average Bonchev–Trinajstić information content (AvgIpc) is 3.00. The highest BCUT2D eigenvalue weighted by atomic mass is 35.5. The lowest BCUT2D eigenvalue weighted by atomic mass is 10.0. The first-order chi connectivity index (χ1) is 9.33. The molecular formula is C16H23ClN2O. The molecule has 2 atom stereocenters. The van der Waals surface area contributed by atoms with Gasteiger partial charge in [0.05, 0.1) is 0 Å². The van der Waals surface area contributed by atoms with E-state index in [1.54, 1.807) is 0 Å². The van der Waals surface area contributed by atoms with Crippen LogP contribution in [0.25, 0.3) is 0 Å². The van der Waals surface area contributed by atoms with Crippen molar-refractivity contribution in [3.63, 3.8) is 0 Å².